The molecule has 7 heteroatoms. The summed E-state index contributed by atoms with van der Waals surface area (Å²) in [5.74, 6) is -0.589. The van der Waals surface area contributed by atoms with Gasteiger partial charge in [-0.1, -0.05) is 41.9 Å². The summed E-state index contributed by atoms with van der Waals surface area (Å²) >= 11 is 6.42. The van der Waals surface area contributed by atoms with Crippen LogP contribution in [-0.2, 0) is 14.3 Å². The van der Waals surface area contributed by atoms with Crippen molar-refractivity contribution in [1.29, 1.82) is 0 Å². The number of morpholine rings is 1. The van der Waals surface area contributed by atoms with Crippen LogP contribution in [0.5, 0.6) is 0 Å². The van der Waals surface area contributed by atoms with Crippen molar-refractivity contribution in [1.82, 2.24) is 10.2 Å². The molecule has 1 N–H and O–H groups in total. The predicted octanol–water partition coefficient (Wildman–Crippen LogP) is 3.33. The van der Waals surface area contributed by atoms with Gasteiger partial charge in [0.05, 0.1) is 31.9 Å². The van der Waals surface area contributed by atoms with E-state index in [1.807, 2.05) is 24.3 Å². The zero-order valence-electron chi connectivity index (χ0n) is 16.8. The second-order valence-corrected chi connectivity index (χ2v) is 7.28. The summed E-state index contributed by atoms with van der Waals surface area (Å²) in [6, 6.07) is 14.5. The maximum absolute atomic E-state index is 12.4. The van der Waals surface area contributed by atoms with E-state index < -0.39 is 5.97 Å². The van der Waals surface area contributed by atoms with Crippen LogP contribution in [0.3, 0.4) is 0 Å². The average Bonchev–Trinajstić information content (AvgIpc) is 2.79. The first-order valence-corrected chi connectivity index (χ1v) is 10.2. The van der Waals surface area contributed by atoms with Gasteiger partial charge in [0.2, 0.25) is 5.91 Å². The molecule has 1 unspecified atom stereocenters. The molecule has 6 nitrogen and oxygen atoms in total. The fourth-order valence-electron chi connectivity index (χ4n) is 3.35. The van der Waals surface area contributed by atoms with Crippen LogP contribution in [0.2, 0.25) is 5.02 Å². The van der Waals surface area contributed by atoms with Crippen LogP contribution in [0.15, 0.2) is 54.6 Å². The van der Waals surface area contributed by atoms with Gasteiger partial charge in [-0.3, -0.25) is 9.69 Å². The molecule has 1 amide bonds. The zero-order valence-corrected chi connectivity index (χ0v) is 17.6. The highest BCUT2D eigenvalue weighted by atomic mass is 35.5. The maximum atomic E-state index is 12.4. The second kappa shape index (κ2) is 10.9. The third kappa shape index (κ3) is 5.92. The number of hydrogen-bond donors (Lipinski definition) is 1. The number of benzene rings is 2. The highest BCUT2D eigenvalue weighted by Crippen LogP contribution is 2.27. The van der Waals surface area contributed by atoms with Gasteiger partial charge in [0, 0.05) is 30.7 Å². The number of nitrogens with zero attached hydrogens (tertiary/aromatic N) is 1. The molecule has 0 radical (unpaired) electrons. The third-order valence-corrected chi connectivity index (χ3v) is 5.32. The largest absolute Gasteiger partial charge is 0.465 e. The van der Waals surface area contributed by atoms with Crippen molar-refractivity contribution in [3.8, 4) is 0 Å². The van der Waals surface area contributed by atoms with E-state index in [-0.39, 0.29) is 11.9 Å². The van der Waals surface area contributed by atoms with Gasteiger partial charge in [0.1, 0.15) is 0 Å². The lowest BCUT2D eigenvalue weighted by atomic mass is 10.0. The highest BCUT2D eigenvalue weighted by Gasteiger charge is 2.24. The minimum absolute atomic E-state index is 0.0284. The van der Waals surface area contributed by atoms with E-state index in [0.29, 0.717) is 30.3 Å². The van der Waals surface area contributed by atoms with Crippen LogP contribution in [0, 0.1) is 0 Å². The monoisotopic (exact) mass is 428 g/mol. The smallest absolute Gasteiger partial charge is 0.337 e. The first kappa shape index (κ1) is 22.0. The van der Waals surface area contributed by atoms with Crippen LogP contribution in [-0.4, -0.2) is 56.7 Å². The lowest BCUT2D eigenvalue weighted by molar-refractivity contribution is -0.116. The van der Waals surface area contributed by atoms with Gasteiger partial charge in [-0.25, -0.2) is 4.79 Å². The zero-order chi connectivity index (χ0) is 21.3. The van der Waals surface area contributed by atoms with Crippen molar-refractivity contribution < 1.29 is 19.1 Å². The van der Waals surface area contributed by atoms with Gasteiger partial charge in [0.15, 0.2) is 0 Å². The van der Waals surface area contributed by atoms with Gasteiger partial charge in [0.25, 0.3) is 0 Å². The van der Waals surface area contributed by atoms with Gasteiger partial charge < -0.3 is 14.8 Å². The molecule has 1 saturated heterocycles. The molecule has 0 bridgehead atoms. The van der Waals surface area contributed by atoms with Crippen LogP contribution >= 0.6 is 11.6 Å². The fraction of sp³-hybridized carbons (Fsp3) is 0.304. The molecule has 1 aliphatic rings. The molecule has 1 atom stereocenters. The van der Waals surface area contributed by atoms with Crippen LogP contribution < -0.4 is 5.32 Å². The standard InChI is InChI=1S/C23H25ClN2O4/c1-29-23(28)18-9-6-17(7-10-18)8-11-22(27)25-16-21(26-12-14-30-15-13-26)19-4-2-3-5-20(19)24/h2-11,21H,12-16H2,1H3,(H,25,27)/b11-8+. The van der Waals surface area contributed by atoms with Gasteiger partial charge in [-0.2, -0.15) is 0 Å². The third-order valence-electron chi connectivity index (χ3n) is 4.98. The summed E-state index contributed by atoms with van der Waals surface area (Å²) in [6.45, 7) is 3.34. The lowest BCUT2D eigenvalue weighted by Gasteiger charge is -2.35. The Morgan fingerprint density at radius 2 is 1.87 bits per heavy atom. The Balaban J connectivity index is 1.63. The van der Waals surface area contributed by atoms with E-state index in [2.05, 4.69) is 15.0 Å². The molecule has 0 aliphatic carbocycles. The van der Waals surface area contributed by atoms with Crippen LogP contribution in [0.25, 0.3) is 6.08 Å². The molecule has 1 heterocycles. The predicted molar refractivity (Wildman–Crippen MR) is 116 cm³/mol. The van der Waals surface area contributed by atoms with Crippen molar-refractivity contribution in [3.05, 3.63) is 76.3 Å². The van der Waals surface area contributed by atoms with Gasteiger partial charge >= 0.3 is 5.97 Å². The molecule has 0 aromatic heterocycles. The number of esters is 1. The Morgan fingerprint density at radius 1 is 1.17 bits per heavy atom. The molecule has 1 fully saturated rings. The number of carbonyl (C=O) groups excluding carboxylic acids is 2. The van der Waals surface area contributed by atoms with Crippen molar-refractivity contribution in [2.24, 2.45) is 0 Å². The number of nitrogens with one attached hydrogen (secondary N) is 1. The number of ether oxygens (including phenoxy) is 2. The molecule has 1 aliphatic heterocycles. The van der Waals surface area contributed by atoms with Gasteiger partial charge in [-0.05, 0) is 35.4 Å². The molecule has 2 aromatic rings. The number of amides is 1. The van der Waals surface area contributed by atoms with E-state index >= 15 is 0 Å². The Kier molecular flexibility index (Phi) is 8.02. The summed E-state index contributed by atoms with van der Waals surface area (Å²) in [5, 5.41) is 3.66. The van der Waals surface area contributed by atoms with E-state index in [1.165, 1.54) is 13.2 Å². The SMILES string of the molecule is COC(=O)c1ccc(/C=C/C(=O)NCC(c2ccccc2Cl)N2CCOCC2)cc1. The number of hydrogen-bond acceptors (Lipinski definition) is 5. The first-order chi connectivity index (χ1) is 14.6. The first-order valence-electron chi connectivity index (χ1n) is 9.79. The fourth-order valence-corrected chi connectivity index (χ4v) is 3.61. The van der Waals surface area contributed by atoms with E-state index in [4.69, 9.17) is 16.3 Å². The van der Waals surface area contributed by atoms with E-state index in [0.717, 1.165) is 24.2 Å². The molecule has 0 saturated carbocycles. The molecule has 2 aromatic carbocycles. The normalized spacial score (nSPS) is 15.7. The minimum atomic E-state index is -0.392. The molecular weight excluding hydrogens is 404 g/mol. The summed E-state index contributed by atoms with van der Waals surface area (Å²) in [6.07, 6.45) is 3.19. The van der Waals surface area contributed by atoms with E-state index in [9.17, 15) is 9.59 Å². The Labute approximate surface area is 181 Å². The molecule has 3 rings (SSSR count). The number of halogens is 1. The highest BCUT2D eigenvalue weighted by molar-refractivity contribution is 6.31. The van der Waals surface area contributed by atoms with Crippen molar-refractivity contribution in [3.63, 3.8) is 0 Å². The van der Waals surface area contributed by atoms with Crippen molar-refractivity contribution >= 4 is 29.6 Å². The molecule has 0 spiro atoms. The van der Waals surface area contributed by atoms with Crippen molar-refractivity contribution in [2.45, 2.75) is 6.04 Å². The summed E-state index contributed by atoms with van der Waals surface area (Å²) in [4.78, 5) is 26.2. The summed E-state index contributed by atoms with van der Waals surface area (Å²) in [5.41, 5.74) is 2.27. The van der Waals surface area contributed by atoms with Crippen LogP contribution in [0.1, 0.15) is 27.5 Å². The minimum Gasteiger partial charge on any atom is -0.465 e. The number of methoxy groups -OCH3 is 1. The van der Waals surface area contributed by atoms with Crippen molar-refractivity contribution in [2.75, 3.05) is 40.0 Å². The maximum Gasteiger partial charge on any atom is 0.337 e. The Hall–Kier alpha value is -2.67. The Morgan fingerprint density at radius 3 is 2.53 bits per heavy atom. The molecule has 158 valence electrons. The summed E-state index contributed by atoms with van der Waals surface area (Å²) < 4.78 is 10.1. The Bertz CT molecular complexity index is 892. The summed E-state index contributed by atoms with van der Waals surface area (Å²) in [7, 11) is 1.34. The average molecular weight is 429 g/mol. The van der Waals surface area contributed by atoms with Crippen LogP contribution in [0.4, 0.5) is 0 Å². The number of rotatable bonds is 7. The molecule has 30 heavy (non-hydrogen) atoms. The molecular formula is C23H25ClN2O4. The topological polar surface area (TPSA) is 67.9 Å². The number of carbonyl (C=O) groups is 2. The van der Waals surface area contributed by atoms with Gasteiger partial charge in [-0.15, -0.1) is 0 Å². The lowest BCUT2D eigenvalue weighted by Crippen LogP contribution is -2.43. The second-order valence-electron chi connectivity index (χ2n) is 6.88. The quantitative estimate of drug-likeness (QED) is 0.541. The van der Waals surface area contributed by atoms with E-state index in [1.54, 1.807) is 30.3 Å².